The number of amides is 1. The maximum absolute atomic E-state index is 12.3. The molecule has 0 aliphatic rings. The first kappa shape index (κ1) is 14.9. The lowest BCUT2D eigenvalue weighted by molar-refractivity contribution is -0.121. The largest absolute Gasteiger partial charge is 0.477 e. The van der Waals surface area contributed by atoms with Crippen LogP contribution in [0.3, 0.4) is 0 Å². The predicted octanol–water partition coefficient (Wildman–Crippen LogP) is 0.767. The van der Waals surface area contributed by atoms with Crippen LogP contribution in [0.1, 0.15) is 15.2 Å². The highest BCUT2D eigenvalue weighted by atomic mass is 32.1. The number of rotatable bonds is 5. The Balaban J connectivity index is 2.44. The SMILES string of the molecule is C=CCNC(=O)Cn1cnc2sc(C(=O)O)c(C)c2c1=O. The third-order valence-electron chi connectivity index (χ3n) is 2.87. The Morgan fingerprint density at radius 3 is 2.90 bits per heavy atom. The van der Waals surface area contributed by atoms with E-state index in [2.05, 4.69) is 16.9 Å². The van der Waals surface area contributed by atoms with Crippen LogP contribution in [-0.4, -0.2) is 33.1 Å². The van der Waals surface area contributed by atoms with Crippen molar-refractivity contribution in [1.29, 1.82) is 0 Å². The van der Waals surface area contributed by atoms with Crippen molar-refractivity contribution in [3.63, 3.8) is 0 Å². The molecule has 0 spiro atoms. The van der Waals surface area contributed by atoms with Crippen LogP contribution in [0, 0.1) is 6.92 Å². The van der Waals surface area contributed by atoms with Gasteiger partial charge in [-0.15, -0.1) is 17.9 Å². The molecule has 0 fully saturated rings. The minimum absolute atomic E-state index is 0.0865. The summed E-state index contributed by atoms with van der Waals surface area (Å²) in [4.78, 5) is 39.5. The molecule has 1 amide bonds. The quantitative estimate of drug-likeness (QED) is 0.794. The molecular formula is C13H13N3O4S. The number of aromatic nitrogens is 2. The molecule has 8 heteroatoms. The van der Waals surface area contributed by atoms with Gasteiger partial charge in [0.2, 0.25) is 5.91 Å². The molecular weight excluding hydrogens is 294 g/mol. The monoisotopic (exact) mass is 307 g/mol. The zero-order chi connectivity index (χ0) is 15.6. The average Bonchev–Trinajstić information content (AvgIpc) is 2.78. The van der Waals surface area contributed by atoms with E-state index in [9.17, 15) is 14.4 Å². The number of aromatic carboxylic acids is 1. The van der Waals surface area contributed by atoms with Gasteiger partial charge in [-0.1, -0.05) is 6.08 Å². The van der Waals surface area contributed by atoms with Crippen LogP contribution >= 0.6 is 11.3 Å². The lowest BCUT2D eigenvalue weighted by Gasteiger charge is -2.05. The van der Waals surface area contributed by atoms with Crippen LogP contribution in [0.25, 0.3) is 10.2 Å². The lowest BCUT2D eigenvalue weighted by atomic mass is 10.2. The maximum Gasteiger partial charge on any atom is 0.346 e. The van der Waals surface area contributed by atoms with Crippen molar-refractivity contribution < 1.29 is 14.7 Å². The summed E-state index contributed by atoms with van der Waals surface area (Å²) >= 11 is 0.950. The van der Waals surface area contributed by atoms with Crippen LogP contribution in [0.4, 0.5) is 0 Å². The summed E-state index contributed by atoms with van der Waals surface area (Å²) in [7, 11) is 0. The molecule has 110 valence electrons. The number of carboxylic acid groups (broad SMARTS) is 1. The number of carbonyl (C=O) groups excluding carboxylic acids is 1. The summed E-state index contributed by atoms with van der Waals surface area (Å²) in [6, 6.07) is 0. The highest BCUT2D eigenvalue weighted by Crippen LogP contribution is 2.26. The van der Waals surface area contributed by atoms with E-state index in [-0.39, 0.29) is 22.7 Å². The average molecular weight is 307 g/mol. The van der Waals surface area contributed by atoms with Crippen molar-refractivity contribution in [1.82, 2.24) is 14.9 Å². The van der Waals surface area contributed by atoms with Crippen molar-refractivity contribution in [2.75, 3.05) is 6.54 Å². The van der Waals surface area contributed by atoms with E-state index in [0.717, 1.165) is 15.9 Å². The summed E-state index contributed by atoms with van der Waals surface area (Å²) in [6.07, 6.45) is 2.78. The van der Waals surface area contributed by atoms with Gasteiger partial charge in [0.25, 0.3) is 5.56 Å². The molecule has 2 rings (SSSR count). The predicted molar refractivity (Wildman–Crippen MR) is 78.8 cm³/mol. The summed E-state index contributed by atoms with van der Waals surface area (Å²) in [5.41, 5.74) is -0.0455. The van der Waals surface area contributed by atoms with E-state index in [4.69, 9.17) is 5.11 Å². The molecule has 0 aromatic carbocycles. The van der Waals surface area contributed by atoms with Crippen molar-refractivity contribution in [3.05, 3.63) is 39.8 Å². The number of fused-ring (bicyclic) bond motifs is 1. The number of aryl methyl sites for hydroxylation is 1. The molecule has 21 heavy (non-hydrogen) atoms. The molecule has 2 aromatic rings. The van der Waals surface area contributed by atoms with E-state index in [0.29, 0.717) is 16.9 Å². The Morgan fingerprint density at radius 2 is 2.29 bits per heavy atom. The van der Waals surface area contributed by atoms with Gasteiger partial charge in [0.05, 0.1) is 11.7 Å². The van der Waals surface area contributed by atoms with E-state index in [1.807, 2.05) is 0 Å². The normalized spacial score (nSPS) is 10.5. The molecule has 7 nitrogen and oxygen atoms in total. The number of carboxylic acids is 1. The Kier molecular flexibility index (Phi) is 4.18. The van der Waals surface area contributed by atoms with Gasteiger partial charge >= 0.3 is 5.97 Å². The zero-order valence-electron chi connectivity index (χ0n) is 11.3. The molecule has 0 bridgehead atoms. The lowest BCUT2D eigenvalue weighted by Crippen LogP contribution is -2.32. The molecule has 2 heterocycles. The number of carbonyl (C=O) groups is 2. The van der Waals surface area contributed by atoms with Crippen molar-refractivity contribution in [2.45, 2.75) is 13.5 Å². The van der Waals surface area contributed by atoms with Crippen LogP contribution in [0.2, 0.25) is 0 Å². The van der Waals surface area contributed by atoms with Gasteiger partial charge in [-0.05, 0) is 12.5 Å². The van der Waals surface area contributed by atoms with E-state index in [1.54, 1.807) is 6.92 Å². The molecule has 0 aliphatic heterocycles. The fraction of sp³-hybridized carbons (Fsp3) is 0.231. The topological polar surface area (TPSA) is 101 Å². The van der Waals surface area contributed by atoms with Crippen LogP contribution in [0.5, 0.6) is 0 Å². The van der Waals surface area contributed by atoms with E-state index < -0.39 is 11.5 Å². The summed E-state index contributed by atoms with van der Waals surface area (Å²) < 4.78 is 1.16. The number of thiophene rings is 1. The third-order valence-corrected chi connectivity index (χ3v) is 4.06. The standard InChI is InChI=1S/C13H13N3O4S/c1-3-4-14-8(17)5-16-6-15-11-9(12(16)18)7(2)10(21-11)13(19)20/h3,6H,1,4-5H2,2H3,(H,14,17)(H,19,20). The van der Waals surface area contributed by atoms with Crippen molar-refractivity contribution in [2.24, 2.45) is 0 Å². The van der Waals surface area contributed by atoms with Gasteiger partial charge in [-0.2, -0.15) is 0 Å². The molecule has 0 saturated heterocycles. The Bertz CT molecular complexity index is 791. The zero-order valence-corrected chi connectivity index (χ0v) is 12.1. The maximum atomic E-state index is 12.3. The van der Waals surface area contributed by atoms with Crippen LogP contribution < -0.4 is 10.9 Å². The van der Waals surface area contributed by atoms with Gasteiger partial charge in [-0.3, -0.25) is 14.2 Å². The second-order valence-electron chi connectivity index (χ2n) is 4.31. The molecule has 0 unspecified atom stereocenters. The third kappa shape index (κ3) is 2.84. The van der Waals surface area contributed by atoms with Gasteiger partial charge in [0, 0.05) is 6.54 Å². The van der Waals surface area contributed by atoms with Crippen LogP contribution in [-0.2, 0) is 11.3 Å². The minimum Gasteiger partial charge on any atom is -0.477 e. The first-order valence-electron chi connectivity index (χ1n) is 6.05. The first-order chi connectivity index (χ1) is 9.95. The van der Waals surface area contributed by atoms with Gasteiger partial charge in [-0.25, -0.2) is 9.78 Å². The fourth-order valence-corrected chi connectivity index (χ4v) is 2.85. The Hall–Kier alpha value is -2.48. The second-order valence-corrected chi connectivity index (χ2v) is 5.31. The first-order valence-corrected chi connectivity index (χ1v) is 6.86. The highest BCUT2D eigenvalue weighted by Gasteiger charge is 2.19. The second kappa shape index (κ2) is 5.88. The van der Waals surface area contributed by atoms with Crippen molar-refractivity contribution in [3.8, 4) is 0 Å². The summed E-state index contributed by atoms with van der Waals surface area (Å²) in [5, 5.41) is 11.9. The Morgan fingerprint density at radius 1 is 1.57 bits per heavy atom. The number of hydrogen-bond acceptors (Lipinski definition) is 5. The summed E-state index contributed by atoms with van der Waals surface area (Å²) in [5.74, 6) is -1.44. The molecule has 2 N–H and O–H groups in total. The number of nitrogens with zero attached hydrogens (tertiary/aromatic N) is 2. The number of hydrogen-bond donors (Lipinski definition) is 2. The molecule has 0 atom stereocenters. The number of nitrogens with one attached hydrogen (secondary N) is 1. The molecule has 2 aromatic heterocycles. The fourth-order valence-electron chi connectivity index (χ4n) is 1.87. The van der Waals surface area contributed by atoms with Crippen molar-refractivity contribution >= 4 is 33.4 Å². The van der Waals surface area contributed by atoms with Crippen LogP contribution in [0.15, 0.2) is 23.8 Å². The Labute approximate surface area is 123 Å². The van der Waals surface area contributed by atoms with E-state index >= 15 is 0 Å². The van der Waals surface area contributed by atoms with Gasteiger partial charge in [0.15, 0.2) is 0 Å². The minimum atomic E-state index is -1.09. The smallest absolute Gasteiger partial charge is 0.346 e. The molecule has 0 aliphatic carbocycles. The van der Waals surface area contributed by atoms with E-state index in [1.165, 1.54) is 12.4 Å². The summed E-state index contributed by atoms with van der Waals surface area (Å²) in [6.45, 7) is 5.18. The highest BCUT2D eigenvalue weighted by molar-refractivity contribution is 7.20. The van der Waals surface area contributed by atoms with Gasteiger partial charge < -0.3 is 10.4 Å². The molecule has 0 saturated carbocycles. The van der Waals surface area contributed by atoms with Gasteiger partial charge in [0.1, 0.15) is 16.3 Å². The molecule has 0 radical (unpaired) electrons.